The molecule has 0 unspecified atom stereocenters. The SMILES string of the molecule is CCOc1ncnc(Nc2c(F)c(F)cc(F)c2F)c1N. The number of nitrogen functional groups attached to an aromatic ring is 1. The minimum atomic E-state index is -1.59. The summed E-state index contributed by atoms with van der Waals surface area (Å²) >= 11 is 0. The molecule has 3 N–H and O–H groups in total. The van der Waals surface area contributed by atoms with Gasteiger partial charge in [-0.25, -0.2) is 22.5 Å². The quantitative estimate of drug-likeness (QED) is 0.671. The summed E-state index contributed by atoms with van der Waals surface area (Å²) in [6.07, 6.45) is 1.02. The van der Waals surface area contributed by atoms with Gasteiger partial charge in [-0.05, 0) is 6.92 Å². The van der Waals surface area contributed by atoms with Gasteiger partial charge < -0.3 is 15.8 Å². The minimum absolute atomic E-state index is 0.0207. The summed E-state index contributed by atoms with van der Waals surface area (Å²) in [6.45, 7) is 1.92. The Labute approximate surface area is 116 Å². The van der Waals surface area contributed by atoms with Crippen molar-refractivity contribution in [2.45, 2.75) is 6.92 Å². The monoisotopic (exact) mass is 302 g/mol. The maximum Gasteiger partial charge on any atom is 0.242 e. The molecule has 0 bridgehead atoms. The second-order valence-electron chi connectivity index (χ2n) is 3.84. The average molecular weight is 302 g/mol. The van der Waals surface area contributed by atoms with Crippen molar-refractivity contribution in [3.8, 4) is 5.88 Å². The van der Waals surface area contributed by atoms with Crippen LogP contribution in [0.3, 0.4) is 0 Å². The Morgan fingerprint density at radius 2 is 1.76 bits per heavy atom. The zero-order chi connectivity index (χ0) is 15.6. The number of halogens is 4. The first-order chi connectivity index (χ1) is 9.95. The zero-order valence-corrected chi connectivity index (χ0v) is 10.8. The van der Waals surface area contributed by atoms with E-state index in [4.69, 9.17) is 10.5 Å². The number of hydrogen-bond donors (Lipinski definition) is 2. The predicted molar refractivity (Wildman–Crippen MR) is 67.2 cm³/mol. The molecule has 2 aromatic rings. The third kappa shape index (κ3) is 2.81. The topological polar surface area (TPSA) is 73.1 Å². The van der Waals surface area contributed by atoms with Crippen LogP contribution in [0.2, 0.25) is 0 Å². The molecule has 0 saturated carbocycles. The normalized spacial score (nSPS) is 10.5. The van der Waals surface area contributed by atoms with Crippen LogP contribution in [-0.2, 0) is 0 Å². The molecule has 0 aliphatic rings. The maximum absolute atomic E-state index is 13.5. The van der Waals surface area contributed by atoms with Gasteiger partial charge >= 0.3 is 0 Å². The number of nitrogens with one attached hydrogen (secondary N) is 1. The van der Waals surface area contributed by atoms with Gasteiger partial charge in [-0.3, -0.25) is 0 Å². The van der Waals surface area contributed by atoms with E-state index < -0.39 is 29.0 Å². The van der Waals surface area contributed by atoms with Crippen molar-refractivity contribution in [2.75, 3.05) is 17.7 Å². The molecule has 21 heavy (non-hydrogen) atoms. The number of hydrogen-bond acceptors (Lipinski definition) is 5. The Morgan fingerprint density at radius 1 is 1.14 bits per heavy atom. The molecular weight excluding hydrogens is 292 g/mol. The number of aromatic nitrogens is 2. The highest BCUT2D eigenvalue weighted by Gasteiger charge is 2.21. The molecule has 0 spiro atoms. The molecule has 1 aromatic heterocycles. The molecule has 1 heterocycles. The smallest absolute Gasteiger partial charge is 0.242 e. The molecule has 0 saturated heterocycles. The van der Waals surface area contributed by atoms with Crippen molar-refractivity contribution < 1.29 is 22.3 Å². The van der Waals surface area contributed by atoms with E-state index in [-0.39, 0.29) is 30.1 Å². The van der Waals surface area contributed by atoms with Crippen molar-refractivity contribution in [1.82, 2.24) is 9.97 Å². The fourth-order valence-electron chi connectivity index (χ4n) is 1.53. The van der Waals surface area contributed by atoms with Crippen molar-refractivity contribution in [3.05, 3.63) is 35.7 Å². The second-order valence-corrected chi connectivity index (χ2v) is 3.84. The lowest BCUT2D eigenvalue weighted by Crippen LogP contribution is -2.08. The molecule has 9 heteroatoms. The van der Waals surface area contributed by atoms with E-state index in [0.29, 0.717) is 0 Å². The number of anilines is 3. The first-order valence-electron chi connectivity index (χ1n) is 5.79. The van der Waals surface area contributed by atoms with E-state index in [0.717, 1.165) is 6.33 Å². The van der Waals surface area contributed by atoms with Gasteiger partial charge in [0.1, 0.15) is 17.7 Å². The highest BCUT2D eigenvalue weighted by Crippen LogP contribution is 2.31. The van der Waals surface area contributed by atoms with Crippen LogP contribution in [0.5, 0.6) is 5.88 Å². The fourth-order valence-corrected chi connectivity index (χ4v) is 1.53. The Kier molecular flexibility index (Phi) is 4.10. The lowest BCUT2D eigenvalue weighted by atomic mass is 10.2. The first kappa shape index (κ1) is 14.8. The lowest BCUT2D eigenvalue weighted by molar-refractivity contribution is 0.328. The summed E-state index contributed by atoms with van der Waals surface area (Å²) in [5, 5.41) is 2.10. The number of rotatable bonds is 4. The van der Waals surface area contributed by atoms with Crippen LogP contribution >= 0.6 is 0 Å². The van der Waals surface area contributed by atoms with Gasteiger partial charge in [0, 0.05) is 6.07 Å². The molecule has 0 aliphatic carbocycles. The van der Waals surface area contributed by atoms with Crippen molar-refractivity contribution in [3.63, 3.8) is 0 Å². The molecule has 0 radical (unpaired) electrons. The highest BCUT2D eigenvalue weighted by molar-refractivity contribution is 5.72. The summed E-state index contributed by atoms with van der Waals surface area (Å²) in [5.41, 5.74) is 4.46. The number of benzene rings is 1. The van der Waals surface area contributed by atoms with E-state index in [9.17, 15) is 17.6 Å². The van der Waals surface area contributed by atoms with E-state index in [2.05, 4.69) is 15.3 Å². The van der Waals surface area contributed by atoms with Crippen LogP contribution in [0, 0.1) is 23.3 Å². The predicted octanol–water partition coefficient (Wildman–Crippen LogP) is 2.76. The van der Waals surface area contributed by atoms with Gasteiger partial charge in [-0.2, -0.15) is 4.98 Å². The molecule has 0 aliphatic heterocycles. The van der Waals surface area contributed by atoms with E-state index >= 15 is 0 Å². The third-order valence-corrected chi connectivity index (χ3v) is 2.48. The number of ether oxygens (including phenoxy) is 1. The molecule has 2 rings (SSSR count). The molecule has 0 atom stereocenters. The second kappa shape index (κ2) is 5.81. The standard InChI is InChI=1S/C12H10F4N4O/c1-2-21-12-9(17)11(18-4-19-12)20-10-7(15)5(13)3-6(14)8(10)16/h3-4H,2,17H2,1H3,(H,18,19,20). The number of nitrogens with two attached hydrogens (primary N) is 1. The van der Waals surface area contributed by atoms with Gasteiger partial charge in [-0.1, -0.05) is 0 Å². The van der Waals surface area contributed by atoms with Gasteiger partial charge in [0.05, 0.1) is 6.61 Å². The first-order valence-corrected chi connectivity index (χ1v) is 5.79. The summed E-state index contributed by atoms with van der Waals surface area (Å²) in [6, 6.07) is 0.102. The van der Waals surface area contributed by atoms with Gasteiger partial charge in [-0.15, -0.1) is 0 Å². The Hall–Kier alpha value is -2.58. The highest BCUT2D eigenvalue weighted by atomic mass is 19.2. The Bertz CT molecular complexity index is 655. The molecule has 112 valence electrons. The number of nitrogens with zero attached hydrogens (tertiary/aromatic N) is 2. The molecule has 1 aromatic carbocycles. The van der Waals surface area contributed by atoms with Crippen LogP contribution in [-0.4, -0.2) is 16.6 Å². The van der Waals surface area contributed by atoms with E-state index in [1.54, 1.807) is 6.92 Å². The van der Waals surface area contributed by atoms with Crippen LogP contribution in [0.15, 0.2) is 12.4 Å². The molecule has 0 fully saturated rings. The van der Waals surface area contributed by atoms with Gasteiger partial charge in [0.25, 0.3) is 0 Å². The minimum Gasteiger partial charge on any atom is -0.476 e. The van der Waals surface area contributed by atoms with E-state index in [1.807, 2.05) is 0 Å². The third-order valence-electron chi connectivity index (χ3n) is 2.48. The largest absolute Gasteiger partial charge is 0.476 e. The Balaban J connectivity index is 2.46. The Morgan fingerprint density at radius 3 is 2.33 bits per heavy atom. The van der Waals surface area contributed by atoms with Crippen LogP contribution < -0.4 is 15.8 Å². The molecule has 0 amide bonds. The lowest BCUT2D eigenvalue weighted by Gasteiger charge is -2.12. The summed E-state index contributed by atoms with van der Waals surface area (Å²) in [7, 11) is 0. The summed E-state index contributed by atoms with van der Waals surface area (Å²) in [4.78, 5) is 7.37. The summed E-state index contributed by atoms with van der Waals surface area (Å²) < 4.78 is 58.4. The fraction of sp³-hybridized carbons (Fsp3) is 0.167. The van der Waals surface area contributed by atoms with Gasteiger partial charge in [0.2, 0.25) is 5.88 Å². The van der Waals surface area contributed by atoms with Crippen LogP contribution in [0.25, 0.3) is 0 Å². The van der Waals surface area contributed by atoms with Crippen LogP contribution in [0.1, 0.15) is 6.92 Å². The van der Waals surface area contributed by atoms with Crippen molar-refractivity contribution in [1.29, 1.82) is 0 Å². The van der Waals surface area contributed by atoms with Crippen molar-refractivity contribution >= 4 is 17.2 Å². The van der Waals surface area contributed by atoms with Crippen LogP contribution in [0.4, 0.5) is 34.8 Å². The zero-order valence-electron chi connectivity index (χ0n) is 10.8. The maximum atomic E-state index is 13.5. The van der Waals surface area contributed by atoms with E-state index in [1.165, 1.54) is 0 Å². The average Bonchev–Trinajstić information content (AvgIpc) is 2.45. The molecule has 5 nitrogen and oxygen atoms in total. The van der Waals surface area contributed by atoms with Gasteiger partial charge in [0.15, 0.2) is 29.1 Å². The molecular formula is C12H10F4N4O. The summed E-state index contributed by atoms with van der Waals surface area (Å²) in [5.74, 6) is -6.54. The van der Waals surface area contributed by atoms with Crippen molar-refractivity contribution in [2.24, 2.45) is 0 Å².